The van der Waals surface area contributed by atoms with Gasteiger partial charge in [0.05, 0.1) is 6.61 Å². The second-order valence-corrected chi connectivity index (χ2v) is 3.94. The van der Waals surface area contributed by atoms with Crippen molar-refractivity contribution < 1.29 is 9.53 Å². The number of benzene rings is 1. The summed E-state index contributed by atoms with van der Waals surface area (Å²) in [5, 5.41) is 13.0. The summed E-state index contributed by atoms with van der Waals surface area (Å²) in [6.45, 7) is 2.92. The monoisotopic (exact) mass is 261 g/mol. The van der Waals surface area contributed by atoms with Gasteiger partial charge in [0.25, 0.3) is 11.7 Å². The molecule has 19 heavy (non-hydrogen) atoms. The first-order valence-electron chi connectivity index (χ1n) is 5.92. The molecule has 0 saturated carbocycles. The second-order valence-electron chi connectivity index (χ2n) is 3.94. The lowest BCUT2D eigenvalue weighted by molar-refractivity contribution is 0.0772. The maximum Gasteiger partial charge on any atom is 0.295 e. The molecule has 0 spiro atoms. The largest absolute Gasteiger partial charge is 0.494 e. The zero-order valence-corrected chi connectivity index (χ0v) is 10.8. The molecule has 0 aliphatic heterocycles. The van der Waals surface area contributed by atoms with Gasteiger partial charge in [-0.05, 0) is 18.2 Å². The number of H-pyrrole nitrogens is 1. The van der Waals surface area contributed by atoms with Gasteiger partial charge in [-0.15, -0.1) is 10.2 Å². The molecule has 0 radical (unpaired) electrons. The molecule has 1 aromatic heterocycles. The summed E-state index contributed by atoms with van der Waals surface area (Å²) >= 11 is 0. The van der Waals surface area contributed by atoms with E-state index in [1.807, 2.05) is 31.2 Å². The first kappa shape index (κ1) is 13.0. The Morgan fingerprint density at radius 2 is 2.21 bits per heavy atom. The normalized spacial score (nSPS) is 10.2. The minimum Gasteiger partial charge on any atom is -0.494 e. The van der Waals surface area contributed by atoms with Crippen LogP contribution < -0.4 is 4.74 Å². The maximum absolute atomic E-state index is 12.0. The third kappa shape index (κ3) is 3.06. The number of ether oxygens (including phenoxy) is 1. The molecular weight excluding hydrogens is 246 g/mol. The highest BCUT2D eigenvalue weighted by molar-refractivity contribution is 5.89. The quantitative estimate of drug-likeness (QED) is 0.863. The van der Waals surface area contributed by atoms with Crippen LogP contribution in [0.4, 0.5) is 0 Å². The molecule has 0 fully saturated rings. The van der Waals surface area contributed by atoms with E-state index in [4.69, 9.17) is 4.74 Å². The molecular formula is C12H15N5O2. The van der Waals surface area contributed by atoms with Crippen LogP contribution in [0.1, 0.15) is 23.1 Å². The van der Waals surface area contributed by atoms with Gasteiger partial charge in [0.2, 0.25) is 0 Å². The molecule has 0 unspecified atom stereocenters. The zero-order chi connectivity index (χ0) is 13.7. The molecule has 0 aliphatic rings. The van der Waals surface area contributed by atoms with Gasteiger partial charge in [-0.1, -0.05) is 18.2 Å². The Labute approximate surface area is 110 Å². The number of amides is 1. The number of hydrogen-bond donors (Lipinski definition) is 1. The number of nitrogens with one attached hydrogen (secondary N) is 1. The smallest absolute Gasteiger partial charge is 0.295 e. The second kappa shape index (κ2) is 5.94. The minimum absolute atomic E-state index is 0.0522. The van der Waals surface area contributed by atoms with E-state index in [1.165, 1.54) is 4.90 Å². The Kier molecular flexibility index (Phi) is 4.07. The highest BCUT2D eigenvalue weighted by Gasteiger charge is 2.17. The van der Waals surface area contributed by atoms with Gasteiger partial charge in [0.15, 0.2) is 0 Å². The lowest BCUT2D eigenvalue weighted by Gasteiger charge is -2.17. The molecule has 1 heterocycles. The van der Waals surface area contributed by atoms with Gasteiger partial charge >= 0.3 is 0 Å². The number of aromatic nitrogens is 4. The Morgan fingerprint density at radius 3 is 2.89 bits per heavy atom. The van der Waals surface area contributed by atoms with Gasteiger partial charge in [0, 0.05) is 19.2 Å². The van der Waals surface area contributed by atoms with Crippen molar-refractivity contribution in [3.63, 3.8) is 0 Å². The number of nitrogens with zero attached hydrogens (tertiary/aromatic N) is 4. The predicted molar refractivity (Wildman–Crippen MR) is 67.6 cm³/mol. The van der Waals surface area contributed by atoms with E-state index in [0.717, 1.165) is 11.3 Å². The van der Waals surface area contributed by atoms with Crippen LogP contribution in [0.3, 0.4) is 0 Å². The summed E-state index contributed by atoms with van der Waals surface area (Å²) in [5.74, 6) is 0.536. The van der Waals surface area contributed by atoms with E-state index in [0.29, 0.717) is 13.2 Å². The average Bonchev–Trinajstić information content (AvgIpc) is 2.94. The van der Waals surface area contributed by atoms with Crippen LogP contribution in [0.2, 0.25) is 0 Å². The predicted octanol–water partition coefficient (Wildman–Crippen LogP) is 0.871. The number of tetrazole rings is 1. The van der Waals surface area contributed by atoms with Crippen molar-refractivity contribution in [2.45, 2.75) is 13.5 Å². The Bertz CT molecular complexity index is 541. The van der Waals surface area contributed by atoms with Crippen LogP contribution in [0.25, 0.3) is 0 Å². The van der Waals surface area contributed by atoms with Crippen LogP contribution in [0, 0.1) is 0 Å². The number of hydrogen-bond acceptors (Lipinski definition) is 5. The molecule has 0 bridgehead atoms. The van der Waals surface area contributed by atoms with Crippen molar-refractivity contribution in [1.82, 2.24) is 25.5 Å². The Morgan fingerprint density at radius 1 is 1.42 bits per heavy atom. The lowest BCUT2D eigenvalue weighted by atomic mass is 10.2. The van der Waals surface area contributed by atoms with Crippen molar-refractivity contribution >= 4 is 5.91 Å². The van der Waals surface area contributed by atoms with E-state index in [9.17, 15) is 4.79 Å². The van der Waals surface area contributed by atoms with Gasteiger partial charge in [0.1, 0.15) is 5.75 Å². The fourth-order valence-corrected chi connectivity index (χ4v) is 1.68. The molecule has 1 N–H and O–H groups in total. The lowest BCUT2D eigenvalue weighted by Crippen LogP contribution is -2.27. The first-order chi connectivity index (χ1) is 9.22. The molecule has 2 rings (SSSR count). The van der Waals surface area contributed by atoms with Crippen LogP contribution in [0.15, 0.2) is 24.3 Å². The van der Waals surface area contributed by atoms with Gasteiger partial charge in [-0.3, -0.25) is 4.79 Å². The molecule has 7 nitrogen and oxygen atoms in total. The maximum atomic E-state index is 12.0. The van der Waals surface area contributed by atoms with Crippen LogP contribution >= 0.6 is 0 Å². The molecule has 0 aliphatic carbocycles. The number of carbonyl (C=O) groups is 1. The third-order valence-corrected chi connectivity index (χ3v) is 2.56. The average molecular weight is 261 g/mol. The fraction of sp³-hybridized carbons (Fsp3) is 0.333. The van der Waals surface area contributed by atoms with Crippen molar-refractivity contribution in [1.29, 1.82) is 0 Å². The number of rotatable bonds is 5. The minimum atomic E-state index is -0.292. The summed E-state index contributed by atoms with van der Waals surface area (Å²) in [6, 6.07) is 7.61. The number of carbonyl (C=O) groups excluding carboxylic acids is 1. The van der Waals surface area contributed by atoms with Crippen molar-refractivity contribution in [2.75, 3.05) is 13.7 Å². The van der Waals surface area contributed by atoms with Crippen LogP contribution in [0.5, 0.6) is 5.75 Å². The summed E-state index contributed by atoms with van der Waals surface area (Å²) < 4.78 is 5.52. The Hall–Kier alpha value is -2.44. The molecule has 100 valence electrons. The molecule has 7 heteroatoms. The van der Waals surface area contributed by atoms with E-state index in [-0.39, 0.29) is 11.7 Å². The zero-order valence-electron chi connectivity index (χ0n) is 10.8. The summed E-state index contributed by atoms with van der Waals surface area (Å²) in [4.78, 5) is 13.5. The molecule has 0 atom stereocenters. The number of para-hydroxylation sites is 1. The number of aromatic amines is 1. The SMILES string of the molecule is CCOc1ccccc1CN(C)C(=O)c1nn[nH]n1. The topological polar surface area (TPSA) is 84.0 Å². The standard InChI is InChI=1S/C12H15N5O2/c1-3-19-10-7-5-4-6-9(10)8-17(2)12(18)11-13-15-16-14-11/h4-7H,3,8H2,1-2H3,(H,13,14,15,16). The summed E-state index contributed by atoms with van der Waals surface area (Å²) in [6.07, 6.45) is 0. The summed E-state index contributed by atoms with van der Waals surface area (Å²) in [7, 11) is 1.68. The van der Waals surface area contributed by atoms with Crippen molar-refractivity contribution in [2.24, 2.45) is 0 Å². The van der Waals surface area contributed by atoms with E-state index in [2.05, 4.69) is 20.6 Å². The van der Waals surface area contributed by atoms with Crippen molar-refractivity contribution in [3.8, 4) is 5.75 Å². The van der Waals surface area contributed by atoms with Crippen molar-refractivity contribution in [3.05, 3.63) is 35.7 Å². The Balaban J connectivity index is 2.10. The summed E-state index contributed by atoms with van der Waals surface area (Å²) in [5.41, 5.74) is 0.934. The van der Waals surface area contributed by atoms with Gasteiger partial charge in [-0.2, -0.15) is 5.21 Å². The molecule has 1 amide bonds. The van der Waals surface area contributed by atoms with Crippen LogP contribution in [-0.2, 0) is 6.54 Å². The molecule has 0 saturated heterocycles. The van der Waals surface area contributed by atoms with E-state index < -0.39 is 0 Å². The van der Waals surface area contributed by atoms with Crippen LogP contribution in [-0.4, -0.2) is 45.1 Å². The third-order valence-electron chi connectivity index (χ3n) is 2.56. The van der Waals surface area contributed by atoms with E-state index in [1.54, 1.807) is 7.05 Å². The fourth-order valence-electron chi connectivity index (χ4n) is 1.68. The van der Waals surface area contributed by atoms with Gasteiger partial charge < -0.3 is 9.64 Å². The molecule has 1 aromatic carbocycles. The highest BCUT2D eigenvalue weighted by atomic mass is 16.5. The molecule has 2 aromatic rings. The van der Waals surface area contributed by atoms with E-state index >= 15 is 0 Å². The van der Waals surface area contributed by atoms with Gasteiger partial charge in [-0.25, -0.2) is 0 Å². The first-order valence-corrected chi connectivity index (χ1v) is 5.92. The highest BCUT2D eigenvalue weighted by Crippen LogP contribution is 2.19.